The van der Waals surface area contributed by atoms with Gasteiger partial charge in [-0.15, -0.1) is 0 Å². The Labute approximate surface area is 60.7 Å². The van der Waals surface area contributed by atoms with Gasteiger partial charge in [-0.2, -0.15) is 0 Å². The molecule has 0 aliphatic carbocycles. The van der Waals surface area contributed by atoms with Crippen LogP contribution in [0.3, 0.4) is 0 Å². The fourth-order valence-corrected chi connectivity index (χ4v) is 0.328. The van der Waals surface area contributed by atoms with Crippen LogP contribution in [0.5, 0.6) is 0 Å². The maximum Gasteiger partial charge on any atom is 0.426 e. The second-order valence-electron chi connectivity index (χ2n) is 1.58. The van der Waals surface area contributed by atoms with Gasteiger partial charge in [-0.25, -0.2) is 28.8 Å². The van der Waals surface area contributed by atoms with Crippen molar-refractivity contribution in [3.63, 3.8) is 0 Å². The summed E-state index contributed by atoms with van der Waals surface area (Å²) >= 11 is 0. The van der Waals surface area contributed by atoms with Crippen LogP contribution in [0, 0.1) is 0 Å². The van der Waals surface area contributed by atoms with Crippen LogP contribution in [0.15, 0.2) is 0 Å². The topological polar surface area (TPSA) is 55.6 Å². The highest BCUT2D eigenvalue weighted by Gasteiger charge is 2.29. The van der Waals surface area contributed by atoms with Crippen molar-refractivity contribution < 1.29 is 22.7 Å². The van der Waals surface area contributed by atoms with Crippen LogP contribution in [-0.4, -0.2) is 30.9 Å². The monoisotopic (exact) mass is 172 g/mol. The quantitative estimate of drug-likeness (QED) is 0.285. The summed E-state index contributed by atoms with van der Waals surface area (Å²) < 4.78 is 38.9. The first-order valence-corrected chi connectivity index (χ1v) is 2.54. The standard InChI is InChI=1S/C4H7F3N2O2/c1-11-4(10)9(8)3(7)2(5)6/h2-3H,8H2,1H3. The van der Waals surface area contributed by atoms with Crippen molar-refractivity contribution in [3.8, 4) is 0 Å². The van der Waals surface area contributed by atoms with Gasteiger partial charge in [-0.1, -0.05) is 0 Å². The lowest BCUT2D eigenvalue weighted by Crippen LogP contribution is -2.46. The molecule has 0 fully saturated rings. The molecule has 0 heterocycles. The maximum atomic E-state index is 12.1. The second kappa shape index (κ2) is 4.02. The predicted molar refractivity (Wildman–Crippen MR) is 29.3 cm³/mol. The summed E-state index contributed by atoms with van der Waals surface area (Å²) in [5, 5.41) is -0.315. The van der Waals surface area contributed by atoms with Crippen molar-refractivity contribution in [2.75, 3.05) is 7.11 Å². The zero-order chi connectivity index (χ0) is 9.02. The zero-order valence-electron chi connectivity index (χ0n) is 5.63. The number of ether oxygens (including phenoxy) is 1. The fraction of sp³-hybridized carbons (Fsp3) is 0.750. The molecule has 0 aromatic heterocycles. The number of methoxy groups -OCH3 is 1. The van der Waals surface area contributed by atoms with E-state index in [1.807, 2.05) is 0 Å². The largest absolute Gasteiger partial charge is 0.452 e. The molecule has 1 unspecified atom stereocenters. The van der Waals surface area contributed by atoms with E-state index in [9.17, 15) is 18.0 Å². The van der Waals surface area contributed by atoms with Crippen LogP contribution in [0.4, 0.5) is 18.0 Å². The molecule has 0 aliphatic rings. The Hall–Kier alpha value is -0.980. The van der Waals surface area contributed by atoms with Crippen molar-refractivity contribution in [2.45, 2.75) is 12.7 Å². The molecule has 0 aromatic rings. The average molecular weight is 172 g/mol. The van der Waals surface area contributed by atoms with Gasteiger partial charge in [0.1, 0.15) is 0 Å². The summed E-state index contributed by atoms with van der Waals surface area (Å²) in [7, 11) is 0.903. The molecule has 0 spiro atoms. The summed E-state index contributed by atoms with van der Waals surface area (Å²) in [5.74, 6) is 4.58. The number of hydrogen-bond donors (Lipinski definition) is 1. The summed E-state index contributed by atoms with van der Waals surface area (Å²) in [4.78, 5) is 10.3. The summed E-state index contributed by atoms with van der Waals surface area (Å²) in [5.41, 5.74) is 0. The number of amides is 1. The van der Waals surface area contributed by atoms with Crippen molar-refractivity contribution in [3.05, 3.63) is 0 Å². The van der Waals surface area contributed by atoms with Crippen LogP contribution in [0.1, 0.15) is 0 Å². The molecule has 0 saturated carbocycles. The molecule has 1 amide bonds. The first-order chi connectivity index (χ1) is 5.00. The predicted octanol–water partition coefficient (Wildman–Crippen LogP) is 0.489. The minimum Gasteiger partial charge on any atom is -0.452 e. The van der Waals surface area contributed by atoms with Gasteiger partial charge < -0.3 is 4.74 Å². The molecule has 0 rings (SSSR count). The van der Waals surface area contributed by atoms with E-state index in [4.69, 9.17) is 0 Å². The molecule has 0 saturated heterocycles. The van der Waals surface area contributed by atoms with E-state index in [1.54, 1.807) is 0 Å². The van der Waals surface area contributed by atoms with Crippen LogP contribution in [0.25, 0.3) is 0 Å². The van der Waals surface area contributed by atoms with Gasteiger partial charge in [-0.05, 0) is 0 Å². The molecular formula is C4H7F3N2O2. The molecular weight excluding hydrogens is 165 g/mol. The molecule has 0 radical (unpaired) electrons. The number of rotatable bonds is 2. The third-order valence-electron chi connectivity index (χ3n) is 0.859. The SMILES string of the molecule is COC(=O)N(N)C(F)C(F)F. The van der Waals surface area contributed by atoms with Gasteiger partial charge in [-0.3, -0.25) is 0 Å². The molecule has 66 valence electrons. The third-order valence-corrected chi connectivity index (χ3v) is 0.859. The van der Waals surface area contributed by atoms with E-state index in [0.29, 0.717) is 0 Å². The van der Waals surface area contributed by atoms with Crippen LogP contribution in [-0.2, 0) is 4.74 Å². The minimum absolute atomic E-state index is 0.315. The van der Waals surface area contributed by atoms with Crippen molar-refractivity contribution in [1.29, 1.82) is 0 Å². The lowest BCUT2D eigenvalue weighted by Gasteiger charge is -2.17. The Bertz CT molecular complexity index is 143. The Morgan fingerprint density at radius 3 is 2.27 bits per heavy atom. The molecule has 0 bridgehead atoms. The Kier molecular flexibility index (Phi) is 3.66. The van der Waals surface area contributed by atoms with Crippen LogP contribution >= 0.6 is 0 Å². The number of nitrogens with zero attached hydrogens (tertiary/aromatic N) is 1. The molecule has 0 aromatic carbocycles. The number of hydrogen-bond acceptors (Lipinski definition) is 3. The van der Waals surface area contributed by atoms with E-state index in [1.165, 1.54) is 0 Å². The van der Waals surface area contributed by atoms with Crippen molar-refractivity contribution in [2.24, 2.45) is 5.84 Å². The Balaban J connectivity index is 4.01. The molecule has 4 nitrogen and oxygen atoms in total. The average Bonchev–Trinajstić information content (AvgIpc) is 2.00. The fourth-order valence-electron chi connectivity index (χ4n) is 0.328. The normalized spacial score (nSPS) is 12.9. The second-order valence-corrected chi connectivity index (χ2v) is 1.58. The van der Waals surface area contributed by atoms with Crippen molar-refractivity contribution in [1.82, 2.24) is 5.01 Å². The van der Waals surface area contributed by atoms with E-state index < -0.39 is 18.8 Å². The van der Waals surface area contributed by atoms with Gasteiger partial charge in [0.2, 0.25) is 0 Å². The summed E-state index contributed by atoms with van der Waals surface area (Å²) in [6.45, 7) is 0. The summed E-state index contributed by atoms with van der Waals surface area (Å²) in [6.07, 6.45) is -7.51. The van der Waals surface area contributed by atoms with Gasteiger partial charge >= 0.3 is 6.09 Å². The van der Waals surface area contributed by atoms with Crippen LogP contribution < -0.4 is 5.84 Å². The lowest BCUT2D eigenvalue weighted by molar-refractivity contribution is -0.0422. The molecule has 1 atom stereocenters. The third kappa shape index (κ3) is 2.62. The van der Waals surface area contributed by atoms with Gasteiger partial charge in [0.25, 0.3) is 12.7 Å². The zero-order valence-corrected chi connectivity index (χ0v) is 5.63. The number of carbonyl (C=O) groups excluding carboxylic acids is 1. The number of hydrazine groups is 1. The highest BCUT2D eigenvalue weighted by Crippen LogP contribution is 2.08. The maximum absolute atomic E-state index is 12.1. The van der Waals surface area contributed by atoms with E-state index in [0.717, 1.165) is 7.11 Å². The number of alkyl halides is 3. The molecule has 7 heteroatoms. The van der Waals surface area contributed by atoms with E-state index in [-0.39, 0.29) is 5.01 Å². The highest BCUT2D eigenvalue weighted by atomic mass is 19.3. The van der Waals surface area contributed by atoms with Crippen molar-refractivity contribution >= 4 is 6.09 Å². The van der Waals surface area contributed by atoms with E-state index in [2.05, 4.69) is 10.6 Å². The first-order valence-electron chi connectivity index (χ1n) is 2.54. The molecule has 2 N–H and O–H groups in total. The summed E-state index contributed by atoms with van der Waals surface area (Å²) in [6, 6.07) is 0. The first kappa shape index (κ1) is 10.0. The minimum atomic E-state index is -3.33. The molecule has 0 aliphatic heterocycles. The Morgan fingerprint density at radius 1 is 1.55 bits per heavy atom. The lowest BCUT2D eigenvalue weighted by atomic mass is 10.6. The van der Waals surface area contributed by atoms with E-state index >= 15 is 0 Å². The smallest absolute Gasteiger partial charge is 0.426 e. The van der Waals surface area contributed by atoms with Gasteiger partial charge in [0.05, 0.1) is 7.11 Å². The van der Waals surface area contributed by atoms with Crippen LogP contribution in [0.2, 0.25) is 0 Å². The number of halogens is 3. The Morgan fingerprint density at radius 2 is 2.00 bits per heavy atom. The van der Waals surface area contributed by atoms with Gasteiger partial charge in [0, 0.05) is 0 Å². The molecule has 11 heavy (non-hydrogen) atoms. The van der Waals surface area contributed by atoms with Gasteiger partial charge in [0.15, 0.2) is 0 Å². The number of nitrogens with two attached hydrogens (primary N) is 1. The highest BCUT2D eigenvalue weighted by molar-refractivity contribution is 5.66. The number of carbonyl (C=O) groups is 1.